The second-order valence-electron chi connectivity index (χ2n) is 3.08. The van der Waals surface area contributed by atoms with Gasteiger partial charge in [0.05, 0.1) is 5.69 Å². The van der Waals surface area contributed by atoms with Crippen molar-refractivity contribution in [3.8, 4) is 0 Å². The van der Waals surface area contributed by atoms with Crippen LogP contribution >= 0.6 is 0 Å². The van der Waals surface area contributed by atoms with Crippen molar-refractivity contribution >= 4 is 21.8 Å². The standard InChI is InChI=1S/C8H13N5O4S/c9-8(14)17-4-3-12-18(15,16)7-5-11-2-1-6(7)13-10/h1-2,5,12H,3-4,10H2,(H2,9,14)(H,11,13). The molecule has 9 nitrogen and oxygen atoms in total. The van der Waals surface area contributed by atoms with E-state index in [9.17, 15) is 13.2 Å². The van der Waals surface area contributed by atoms with Gasteiger partial charge in [-0.05, 0) is 6.07 Å². The number of aromatic nitrogens is 1. The number of sulfonamides is 1. The lowest BCUT2D eigenvalue weighted by molar-refractivity contribution is 0.159. The number of amides is 1. The molecule has 18 heavy (non-hydrogen) atoms. The van der Waals surface area contributed by atoms with Gasteiger partial charge in [-0.3, -0.25) is 10.8 Å². The molecule has 0 atom stereocenters. The first-order valence-corrected chi connectivity index (χ1v) is 6.28. The SMILES string of the molecule is NNc1ccncc1S(=O)(=O)NCCOC(N)=O. The van der Waals surface area contributed by atoms with Crippen LogP contribution in [-0.4, -0.2) is 32.6 Å². The zero-order valence-corrected chi connectivity index (χ0v) is 10.1. The molecule has 0 aliphatic heterocycles. The fourth-order valence-corrected chi connectivity index (χ4v) is 2.24. The Morgan fingerprint density at radius 2 is 2.22 bits per heavy atom. The third-order valence-electron chi connectivity index (χ3n) is 1.87. The van der Waals surface area contributed by atoms with Crippen molar-refractivity contribution in [2.45, 2.75) is 4.90 Å². The number of nitrogens with one attached hydrogen (secondary N) is 2. The smallest absolute Gasteiger partial charge is 0.404 e. The van der Waals surface area contributed by atoms with Gasteiger partial charge in [-0.1, -0.05) is 0 Å². The molecule has 0 aliphatic rings. The zero-order chi connectivity index (χ0) is 13.6. The van der Waals surface area contributed by atoms with Gasteiger partial charge in [-0.15, -0.1) is 0 Å². The number of pyridine rings is 1. The van der Waals surface area contributed by atoms with Crippen molar-refractivity contribution in [2.24, 2.45) is 11.6 Å². The molecule has 0 spiro atoms. The van der Waals surface area contributed by atoms with Crippen molar-refractivity contribution in [1.29, 1.82) is 0 Å². The van der Waals surface area contributed by atoms with Gasteiger partial charge in [-0.25, -0.2) is 17.9 Å². The summed E-state index contributed by atoms with van der Waals surface area (Å²) in [6.07, 6.45) is 1.57. The van der Waals surface area contributed by atoms with Gasteiger partial charge >= 0.3 is 6.09 Å². The molecule has 0 radical (unpaired) electrons. The minimum atomic E-state index is -3.79. The van der Waals surface area contributed by atoms with Crippen molar-refractivity contribution < 1.29 is 17.9 Å². The number of nitrogens with two attached hydrogens (primary N) is 2. The lowest BCUT2D eigenvalue weighted by Gasteiger charge is -2.10. The Balaban J connectivity index is 2.71. The second kappa shape index (κ2) is 6.14. The van der Waals surface area contributed by atoms with Crippen LogP contribution in [0.4, 0.5) is 10.5 Å². The average molecular weight is 275 g/mol. The predicted molar refractivity (Wildman–Crippen MR) is 62.8 cm³/mol. The van der Waals surface area contributed by atoms with Crippen LogP contribution in [0.3, 0.4) is 0 Å². The van der Waals surface area contributed by atoms with E-state index in [1.807, 2.05) is 0 Å². The number of nitrogen functional groups attached to an aromatic ring is 1. The molecule has 0 bridgehead atoms. The van der Waals surface area contributed by atoms with E-state index in [1.165, 1.54) is 12.3 Å². The molecule has 0 aliphatic carbocycles. The summed E-state index contributed by atoms with van der Waals surface area (Å²) in [5.74, 6) is 5.19. The molecular weight excluding hydrogens is 262 g/mol. The van der Waals surface area contributed by atoms with Crippen molar-refractivity contribution in [3.63, 3.8) is 0 Å². The van der Waals surface area contributed by atoms with E-state index >= 15 is 0 Å². The molecular formula is C8H13N5O4S. The Morgan fingerprint density at radius 1 is 1.50 bits per heavy atom. The van der Waals surface area contributed by atoms with Gasteiger partial charge < -0.3 is 15.9 Å². The van der Waals surface area contributed by atoms with E-state index in [-0.39, 0.29) is 23.7 Å². The van der Waals surface area contributed by atoms with E-state index < -0.39 is 16.1 Å². The third-order valence-corrected chi connectivity index (χ3v) is 3.36. The molecule has 1 amide bonds. The number of anilines is 1. The van der Waals surface area contributed by atoms with Crippen LogP contribution in [0.5, 0.6) is 0 Å². The summed E-state index contributed by atoms with van der Waals surface area (Å²) >= 11 is 0. The first kappa shape index (κ1) is 14.2. The normalized spacial score (nSPS) is 10.9. The summed E-state index contributed by atoms with van der Waals surface area (Å²) in [6.45, 7) is -0.273. The number of hydrazine groups is 1. The average Bonchev–Trinajstić information content (AvgIpc) is 2.34. The first-order valence-electron chi connectivity index (χ1n) is 4.80. The van der Waals surface area contributed by atoms with Gasteiger partial charge in [0.15, 0.2) is 0 Å². The third kappa shape index (κ3) is 3.84. The fourth-order valence-electron chi connectivity index (χ4n) is 1.12. The van der Waals surface area contributed by atoms with Gasteiger partial charge in [0, 0.05) is 18.9 Å². The zero-order valence-electron chi connectivity index (χ0n) is 9.29. The minimum Gasteiger partial charge on any atom is -0.448 e. The molecule has 0 unspecified atom stereocenters. The van der Waals surface area contributed by atoms with Gasteiger partial charge in [0.1, 0.15) is 11.5 Å². The minimum absolute atomic E-state index is 0.105. The Morgan fingerprint density at radius 3 is 2.83 bits per heavy atom. The molecule has 0 saturated heterocycles. The van der Waals surface area contributed by atoms with Crippen LogP contribution in [0, 0.1) is 0 Å². The molecule has 6 N–H and O–H groups in total. The van der Waals surface area contributed by atoms with Crippen LogP contribution in [0.2, 0.25) is 0 Å². The highest BCUT2D eigenvalue weighted by Crippen LogP contribution is 2.17. The monoisotopic (exact) mass is 275 g/mol. The maximum absolute atomic E-state index is 11.8. The molecule has 0 fully saturated rings. The number of ether oxygens (including phenoxy) is 1. The molecule has 1 aromatic rings. The van der Waals surface area contributed by atoms with Crippen molar-refractivity contribution in [1.82, 2.24) is 9.71 Å². The summed E-state index contributed by atoms with van der Waals surface area (Å²) in [6, 6.07) is 1.41. The Labute approximate surface area is 104 Å². The predicted octanol–water partition coefficient (Wildman–Crippen LogP) is -1.26. The summed E-state index contributed by atoms with van der Waals surface area (Å²) in [4.78, 5) is 13.9. The topological polar surface area (TPSA) is 149 Å². The highest BCUT2D eigenvalue weighted by atomic mass is 32.2. The van der Waals surface area contributed by atoms with Gasteiger partial charge in [0.25, 0.3) is 0 Å². The number of primary amides is 1. The quantitative estimate of drug-likeness (QED) is 0.287. The molecule has 0 saturated carbocycles. The maximum Gasteiger partial charge on any atom is 0.404 e. The number of carbonyl (C=O) groups excluding carboxylic acids is 1. The van der Waals surface area contributed by atoms with E-state index in [4.69, 9.17) is 11.6 Å². The van der Waals surface area contributed by atoms with E-state index in [0.29, 0.717) is 0 Å². The van der Waals surface area contributed by atoms with E-state index in [2.05, 4.69) is 19.9 Å². The van der Waals surface area contributed by atoms with Crippen molar-refractivity contribution in [3.05, 3.63) is 18.5 Å². The van der Waals surface area contributed by atoms with Crippen LogP contribution < -0.4 is 21.7 Å². The summed E-state index contributed by atoms with van der Waals surface area (Å²) < 4.78 is 30.3. The van der Waals surface area contributed by atoms with Crippen LogP contribution in [0.15, 0.2) is 23.4 Å². The fraction of sp³-hybridized carbons (Fsp3) is 0.250. The number of carbonyl (C=O) groups is 1. The molecule has 10 heteroatoms. The van der Waals surface area contributed by atoms with E-state index in [1.54, 1.807) is 0 Å². The summed E-state index contributed by atoms with van der Waals surface area (Å²) in [5, 5.41) is 0. The van der Waals surface area contributed by atoms with Crippen molar-refractivity contribution in [2.75, 3.05) is 18.6 Å². The summed E-state index contributed by atoms with van der Waals surface area (Å²) in [7, 11) is -3.79. The lowest BCUT2D eigenvalue weighted by Crippen LogP contribution is -2.30. The number of rotatable bonds is 6. The number of hydrogen-bond donors (Lipinski definition) is 4. The lowest BCUT2D eigenvalue weighted by atomic mass is 10.4. The highest BCUT2D eigenvalue weighted by molar-refractivity contribution is 7.89. The first-order chi connectivity index (χ1) is 8.47. The van der Waals surface area contributed by atoms with Crippen LogP contribution in [0.1, 0.15) is 0 Å². The number of nitrogens with zero attached hydrogens (tertiary/aromatic N) is 1. The van der Waals surface area contributed by atoms with Crippen LogP contribution in [-0.2, 0) is 14.8 Å². The Kier molecular flexibility index (Phi) is 4.83. The molecule has 0 aromatic carbocycles. The molecule has 1 aromatic heterocycles. The molecule has 1 heterocycles. The largest absolute Gasteiger partial charge is 0.448 e. The van der Waals surface area contributed by atoms with Gasteiger partial charge in [-0.2, -0.15) is 0 Å². The van der Waals surface area contributed by atoms with E-state index in [0.717, 1.165) is 6.20 Å². The van der Waals surface area contributed by atoms with Gasteiger partial charge in [0.2, 0.25) is 10.0 Å². The second-order valence-corrected chi connectivity index (χ2v) is 4.82. The number of hydrogen-bond acceptors (Lipinski definition) is 7. The summed E-state index contributed by atoms with van der Waals surface area (Å²) in [5.41, 5.74) is 7.17. The maximum atomic E-state index is 11.8. The van der Waals surface area contributed by atoms with Crippen LogP contribution in [0.25, 0.3) is 0 Å². The molecule has 100 valence electrons. The Bertz CT molecular complexity index is 518. The highest BCUT2D eigenvalue weighted by Gasteiger charge is 2.17. The Hall–Kier alpha value is -1.91. The molecule has 1 rings (SSSR count).